The predicted molar refractivity (Wildman–Crippen MR) is 122 cm³/mol. The minimum atomic E-state index is -0.456. The van der Waals surface area contributed by atoms with Crippen molar-refractivity contribution in [3.63, 3.8) is 0 Å². The van der Waals surface area contributed by atoms with Gasteiger partial charge in [-0.15, -0.1) is 0 Å². The molecule has 1 spiro atoms. The summed E-state index contributed by atoms with van der Waals surface area (Å²) in [6.07, 6.45) is 2.45. The Labute approximate surface area is 184 Å². The van der Waals surface area contributed by atoms with Gasteiger partial charge in [0.25, 0.3) is 0 Å². The Hall–Kier alpha value is -3.94. The number of hydrogen-bond acceptors (Lipinski definition) is 6. The number of methoxy groups -OCH3 is 1. The van der Waals surface area contributed by atoms with E-state index in [9.17, 15) is 4.79 Å². The van der Waals surface area contributed by atoms with Gasteiger partial charge in [-0.25, -0.2) is 9.97 Å². The van der Waals surface area contributed by atoms with Crippen molar-refractivity contribution in [2.24, 2.45) is 0 Å². The molecule has 1 fully saturated rings. The summed E-state index contributed by atoms with van der Waals surface area (Å²) in [5, 5.41) is 14.8. The number of nitrogens with zero attached hydrogens (tertiary/aromatic N) is 3. The van der Waals surface area contributed by atoms with Gasteiger partial charge in [0.2, 0.25) is 5.91 Å². The molecule has 4 aromatic rings. The van der Waals surface area contributed by atoms with Crippen LogP contribution >= 0.6 is 0 Å². The van der Waals surface area contributed by atoms with Crippen LogP contribution < -0.4 is 15.4 Å². The summed E-state index contributed by atoms with van der Waals surface area (Å²) in [6.45, 7) is 3.89. The first-order valence-electron chi connectivity index (χ1n) is 10.5. The van der Waals surface area contributed by atoms with Gasteiger partial charge in [-0.05, 0) is 49.6 Å². The third-order valence-electron chi connectivity index (χ3n) is 6.59. The fourth-order valence-corrected chi connectivity index (χ4v) is 4.87. The molecule has 6 rings (SSSR count). The molecule has 3 N–H and O–H groups in total. The van der Waals surface area contributed by atoms with Crippen molar-refractivity contribution >= 4 is 34.1 Å². The average molecular weight is 426 g/mol. The van der Waals surface area contributed by atoms with Crippen molar-refractivity contribution in [2.75, 3.05) is 17.7 Å². The van der Waals surface area contributed by atoms with Crippen LogP contribution in [0.1, 0.15) is 34.9 Å². The average Bonchev–Trinajstić information content (AvgIpc) is 3.34. The summed E-state index contributed by atoms with van der Waals surface area (Å²) in [7, 11) is 1.58. The molecule has 0 unspecified atom stereocenters. The van der Waals surface area contributed by atoms with Crippen molar-refractivity contribution < 1.29 is 9.53 Å². The number of benzene rings is 2. The molecule has 2 aromatic heterocycles. The highest BCUT2D eigenvalue weighted by atomic mass is 16.5. The molecule has 1 saturated carbocycles. The van der Waals surface area contributed by atoms with E-state index in [1.54, 1.807) is 13.3 Å². The standard InChI is InChI=1S/C24H22N6O2/c1-12-4-7-18-16(8-12)24(23(31)27-18)10-17(24)14-5-6-15-19(9-14)29-30-21(15)28-22-20(32-3)11-25-13(2)26-22/h4-9,11,17H,10H2,1-3H3,(H,27,31)(H2,25,26,28,29,30)/t17-,24-/m0/s1. The number of H-pyrrole nitrogens is 1. The highest BCUT2D eigenvalue weighted by Crippen LogP contribution is 2.65. The lowest BCUT2D eigenvalue weighted by Gasteiger charge is -2.10. The molecule has 8 nitrogen and oxygen atoms in total. The summed E-state index contributed by atoms with van der Waals surface area (Å²) in [4.78, 5) is 21.5. The van der Waals surface area contributed by atoms with E-state index >= 15 is 0 Å². The van der Waals surface area contributed by atoms with E-state index in [1.165, 1.54) is 5.56 Å². The molecule has 0 radical (unpaired) electrons. The van der Waals surface area contributed by atoms with Gasteiger partial charge in [0, 0.05) is 17.0 Å². The van der Waals surface area contributed by atoms with E-state index < -0.39 is 5.41 Å². The lowest BCUT2D eigenvalue weighted by atomic mass is 9.91. The van der Waals surface area contributed by atoms with Gasteiger partial charge in [-0.3, -0.25) is 9.89 Å². The zero-order chi connectivity index (χ0) is 22.0. The quantitative estimate of drug-likeness (QED) is 0.454. The second kappa shape index (κ2) is 6.53. The molecular formula is C24H22N6O2. The summed E-state index contributed by atoms with van der Waals surface area (Å²) < 4.78 is 5.36. The van der Waals surface area contributed by atoms with Crippen molar-refractivity contribution in [1.29, 1.82) is 0 Å². The SMILES string of the molecule is COc1cnc(C)nc1Nc1n[nH]c2cc([C@@H]3C[C@@]34C(=O)Nc3ccc(C)cc34)ccc12. The third-order valence-corrected chi connectivity index (χ3v) is 6.59. The number of aromatic amines is 1. The number of carbonyl (C=O) groups is 1. The van der Waals surface area contributed by atoms with E-state index in [-0.39, 0.29) is 11.8 Å². The Bertz CT molecular complexity index is 1410. The summed E-state index contributed by atoms with van der Waals surface area (Å²) >= 11 is 0. The molecule has 2 aromatic carbocycles. The van der Waals surface area contributed by atoms with Crippen molar-refractivity contribution in [1.82, 2.24) is 20.2 Å². The smallest absolute Gasteiger partial charge is 0.235 e. The van der Waals surface area contributed by atoms with E-state index in [4.69, 9.17) is 4.74 Å². The Morgan fingerprint density at radius 3 is 2.88 bits per heavy atom. The number of anilines is 3. The molecule has 1 aliphatic carbocycles. The van der Waals surface area contributed by atoms with Gasteiger partial charge >= 0.3 is 0 Å². The zero-order valence-electron chi connectivity index (χ0n) is 18.0. The first-order valence-corrected chi connectivity index (χ1v) is 10.5. The van der Waals surface area contributed by atoms with Crippen LogP contribution in [0.25, 0.3) is 10.9 Å². The molecule has 2 atom stereocenters. The normalized spacial score (nSPS) is 21.0. The Balaban J connectivity index is 1.33. The van der Waals surface area contributed by atoms with Crippen LogP contribution in [0.15, 0.2) is 42.6 Å². The number of rotatable bonds is 4. The van der Waals surface area contributed by atoms with E-state index in [0.29, 0.717) is 23.2 Å². The topological polar surface area (TPSA) is 105 Å². The van der Waals surface area contributed by atoms with Crippen LogP contribution in [-0.2, 0) is 10.2 Å². The highest BCUT2D eigenvalue weighted by molar-refractivity contribution is 6.10. The van der Waals surface area contributed by atoms with Crippen molar-refractivity contribution in [3.05, 3.63) is 65.1 Å². The van der Waals surface area contributed by atoms with Crippen LogP contribution in [0, 0.1) is 13.8 Å². The first kappa shape index (κ1) is 18.8. The van der Waals surface area contributed by atoms with Gasteiger partial charge in [0.05, 0.1) is 24.2 Å². The maximum atomic E-state index is 12.9. The monoisotopic (exact) mass is 426 g/mol. The number of aryl methyl sites for hydroxylation is 2. The van der Waals surface area contributed by atoms with E-state index in [0.717, 1.165) is 34.1 Å². The predicted octanol–water partition coefficient (Wildman–Crippen LogP) is 4.10. The number of carbonyl (C=O) groups excluding carboxylic acids is 1. The van der Waals surface area contributed by atoms with E-state index in [1.807, 2.05) is 25.1 Å². The minimum absolute atomic E-state index is 0.0985. The largest absolute Gasteiger partial charge is 0.491 e. The van der Waals surface area contributed by atoms with Gasteiger partial charge in [0.15, 0.2) is 17.4 Å². The molecule has 8 heteroatoms. The molecule has 1 amide bonds. The van der Waals surface area contributed by atoms with Crippen molar-refractivity contribution in [3.8, 4) is 5.75 Å². The first-order chi connectivity index (χ1) is 15.5. The number of aromatic nitrogens is 4. The van der Waals surface area contributed by atoms with Crippen LogP contribution in [0.4, 0.5) is 17.3 Å². The van der Waals surface area contributed by atoms with Gasteiger partial charge in [0.1, 0.15) is 5.82 Å². The summed E-state index contributed by atoms with van der Waals surface area (Å²) in [5.41, 5.74) is 4.80. The number of amides is 1. The number of fused-ring (bicyclic) bond motifs is 3. The minimum Gasteiger partial charge on any atom is -0.491 e. The Kier molecular flexibility index (Phi) is 3.83. The number of hydrogen-bond donors (Lipinski definition) is 3. The maximum absolute atomic E-state index is 12.9. The van der Waals surface area contributed by atoms with Crippen LogP contribution in [0.5, 0.6) is 5.75 Å². The van der Waals surface area contributed by atoms with E-state index in [2.05, 4.69) is 55.9 Å². The summed E-state index contributed by atoms with van der Waals surface area (Å²) in [6, 6.07) is 12.4. The number of ether oxygens (including phenoxy) is 1. The second-order valence-corrected chi connectivity index (χ2v) is 8.57. The Morgan fingerprint density at radius 1 is 1.16 bits per heavy atom. The molecule has 1 aliphatic heterocycles. The summed E-state index contributed by atoms with van der Waals surface area (Å²) in [5.74, 6) is 2.66. The zero-order valence-corrected chi connectivity index (χ0v) is 18.0. The third kappa shape index (κ3) is 2.62. The Morgan fingerprint density at radius 2 is 2.03 bits per heavy atom. The maximum Gasteiger partial charge on any atom is 0.235 e. The number of nitrogens with one attached hydrogen (secondary N) is 3. The fourth-order valence-electron chi connectivity index (χ4n) is 4.87. The van der Waals surface area contributed by atoms with Gasteiger partial charge < -0.3 is 15.4 Å². The van der Waals surface area contributed by atoms with Gasteiger partial charge in [-0.2, -0.15) is 5.10 Å². The fraction of sp³-hybridized carbons (Fsp3) is 0.250. The molecule has 3 heterocycles. The van der Waals surface area contributed by atoms with Crippen LogP contribution in [0.2, 0.25) is 0 Å². The molecule has 160 valence electrons. The highest BCUT2D eigenvalue weighted by Gasteiger charge is 2.65. The molecule has 0 bridgehead atoms. The molecule has 2 aliphatic rings. The lowest BCUT2D eigenvalue weighted by molar-refractivity contribution is -0.118. The van der Waals surface area contributed by atoms with Crippen LogP contribution in [-0.4, -0.2) is 33.2 Å². The lowest BCUT2D eigenvalue weighted by Crippen LogP contribution is -2.21. The molecule has 32 heavy (non-hydrogen) atoms. The van der Waals surface area contributed by atoms with Crippen LogP contribution in [0.3, 0.4) is 0 Å². The molecule has 0 saturated heterocycles. The van der Waals surface area contributed by atoms with Gasteiger partial charge in [-0.1, -0.05) is 23.8 Å². The molecular weight excluding hydrogens is 404 g/mol. The second-order valence-electron chi connectivity index (χ2n) is 8.57. The van der Waals surface area contributed by atoms with Crippen molar-refractivity contribution in [2.45, 2.75) is 31.6 Å².